The van der Waals surface area contributed by atoms with Crippen LogP contribution < -0.4 is 5.32 Å². The minimum absolute atomic E-state index is 0.108. The Balaban J connectivity index is 1.53. The van der Waals surface area contributed by atoms with Crippen LogP contribution in [0.25, 0.3) is 0 Å². The molecule has 1 heterocycles. The summed E-state index contributed by atoms with van der Waals surface area (Å²) in [5.41, 5.74) is 5.30. The van der Waals surface area contributed by atoms with Crippen LogP contribution in [0.1, 0.15) is 39.6 Å². The molecule has 5 heteroatoms. The van der Waals surface area contributed by atoms with Crippen molar-refractivity contribution in [2.45, 2.75) is 26.2 Å². The van der Waals surface area contributed by atoms with Gasteiger partial charge in [-0.15, -0.1) is 5.10 Å². The van der Waals surface area contributed by atoms with Crippen LogP contribution in [0.3, 0.4) is 0 Å². The van der Waals surface area contributed by atoms with E-state index in [-0.39, 0.29) is 11.9 Å². The predicted octanol–water partition coefficient (Wildman–Crippen LogP) is 5.05. The molecular weight excluding hydrogens is 374 g/mol. The Bertz CT molecular complexity index is 1100. The van der Waals surface area contributed by atoms with Gasteiger partial charge >= 0.3 is 6.01 Å². The van der Waals surface area contributed by atoms with Crippen LogP contribution in [0.4, 0.5) is 6.01 Å². The Morgan fingerprint density at radius 3 is 2.13 bits per heavy atom. The van der Waals surface area contributed by atoms with Gasteiger partial charge in [-0.1, -0.05) is 89.5 Å². The Hall–Kier alpha value is -3.73. The second-order valence-corrected chi connectivity index (χ2v) is 7.35. The number of amides is 1. The molecule has 150 valence electrons. The first-order valence-electron chi connectivity index (χ1n) is 9.89. The minimum Gasteiger partial charge on any atom is -0.407 e. The van der Waals surface area contributed by atoms with Crippen molar-refractivity contribution in [2.75, 3.05) is 5.32 Å². The van der Waals surface area contributed by atoms with E-state index < -0.39 is 5.92 Å². The topological polar surface area (TPSA) is 68.0 Å². The maximum absolute atomic E-state index is 13.1. The van der Waals surface area contributed by atoms with E-state index in [0.717, 1.165) is 16.7 Å². The molecule has 0 radical (unpaired) electrons. The molecule has 4 rings (SSSR count). The lowest BCUT2D eigenvalue weighted by atomic mass is 9.90. The summed E-state index contributed by atoms with van der Waals surface area (Å²) < 4.78 is 5.71. The van der Waals surface area contributed by atoms with Gasteiger partial charge in [-0.2, -0.15) is 0 Å². The van der Waals surface area contributed by atoms with Gasteiger partial charge in [0, 0.05) is 0 Å². The first-order chi connectivity index (χ1) is 14.6. The highest BCUT2D eigenvalue weighted by Crippen LogP contribution is 2.26. The number of carbonyl (C=O) groups is 1. The van der Waals surface area contributed by atoms with Crippen LogP contribution in [-0.4, -0.2) is 16.1 Å². The van der Waals surface area contributed by atoms with E-state index >= 15 is 0 Å². The zero-order valence-corrected chi connectivity index (χ0v) is 17.0. The van der Waals surface area contributed by atoms with Crippen LogP contribution in [0, 0.1) is 13.8 Å². The Kier molecular flexibility index (Phi) is 5.70. The predicted molar refractivity (Wildman–Crippen MR) is 116 cm³/mol. The minimum atomic E-state index is -0.470. The zero-order chi connectivity index (χ0) is 20.9. The molecule has 0 fully saturated rings. The SMILES string of the molecule is Cc1ccc(Cc2nnc(NC(=O)C(c3ccccc3)c3ccccc3)o2)c(C)c1. The van der Waals surface area contributed by atoms with Crippen molar-refractivity contribution in [3.63, 3.8) is 0 Å². The van der Waals surface area contributed by atoms with Crippen LogP contribution >= 0.6 is 0 Å². The summed E-state index contributed by atoms with van der Waals surface area (Å²) in [7, 11) is 0. The largest absolute Gasteiger partial charge is 0.407 e. The number of rotatable bonds is 6. The number of hydrogen-bond acceptors (Lipinski definition) is 4. The third kappa shape index (κ3) is 4.46. The second-order valence-electron chi connectivity index (χ2n) is 7.35. The summed E-state index contributed by atoms with van der Waals surface area (Å²) in [5.74, 6) is -0.218. The third-order valence-corrected chi connectivity index (χ3v) is 5.06. The van der Waals surface area contributed by atoms with E-state index in [2.05, 4.69) is 47.6 Å². The molecule has 30 heavy (non-hydrogen) atoms. The number of benzene rings is 3. The average Bonchev–Trinajstić information content (AvgIpc) is 3.19. The summed E-state index contributed by atoms with van der Waals surface area (Å²) >= 11 is 0. The lowest BCUT2D eigenvalue weighted by Crippen LogP contribution is -2.22. The van der Waals surface area contributed by atoms with Crippen molar-refractivity contribution in [1.29, 1.82) is 0 Å². The molecule has 4 aromatic rings. The van der Waals surface area contributed by atoms with Crippen LogP contribution in [0.15, 0.2) is 83.3 Å². The molecule has 0 saturated carbocycles. The standard InChI is InChI=1S/C25H23N3O2/c1-17-13-14-21(18(2)15-17)16-22-27-28-25(30-22)26-24(29)23(19-9-5-3-6-10-19)20-11-7-4-8-12-20/h3-15,23H,16H2,1-2H3,(H,26,28,29). The Morgan fingerprint density at radius 2 is 1.53 bits per heavy atom. The summed E-state index contributed by atoms with van der Waals surface area (Å²) in [6.07, 6.45) is 0.524. The van der Waals surface area contributed by atoms with Gasteiger partial charge in [0.1, 0.15) is 0 Å². The highest BCUT2D eigenvalue weighted by Gasteiger charge is 2.24. The van der Waals surface area contributed by atoms with E-state index in [1.807, 2.05) is 60.7 Å². The van der Waals surface area contributed by atoms with Crippen molar-refractivity contribution in [3.05, 3.63) is 113 Å². The van der Waals surface area contributed by atoms with Crippen molar-refractivity contribution in [1.82, 2.24) is 10.2 Å². The molecule has 5 nitrogen and oxygen atoms in total. The monoisotopic (exact) mass is 397 g/mol. The van der Waals surface area contributed by atoms with Crippen molar-refractivity contribution in [3.8, 4) is 0 Å². The van der Waals surface area contributed by atoms with E-state index in [1.165, 1.54) is 11.1 Å². The van der Waals surface area contributed by atoms with Gasteiger partial charge < -0.3 is 4.42 Å². The van der Waals surface area contributed by atoms with Crippen molar-refractivity contribution < 1.29 is 9.21 Å². The second kappa shape index (κ2) is 8.74. The summed E-state index contributed by atoms with van der Waals surface area (Å²) in [5, 5.41) is 10.9. The highest BCUT2D eigenvalue weighted by atomic mass is 16.4. The lowest BCUT2D eigenvalue weighted by Gasteiger charge is -2.16. The first kappa shape index (κ1) is 19.6. The molecule has 0 unspecified atom stereocenters. The fraction of sp³-hybridized carbons (Fsp3) is 0.160. The lowest BCUT2D eigenvalue weighted by molar-refractivity contribution is -0.116. The van der Waals surface area contributed by atoms with Gasteiger partial charge in [-0.25, -0.2) is 0 Å². The summed E-state index contributed by atoms with van der Waals surface area (Å²) in [6, 6.07) is 25.7. The van der Waals surface area contributed by atoms with Gasteiger partial charge in [0.2, 0.25) is 11.8 Å². The highest BCUT2D eigenvalue weighted by molar-refractivity contribution is 5.96. The van der Waals surface area contributed by atoms with Crippen molar-refractivity contribution in [2.24, 2.45) is 0 Å². The van der Waals surface area contributed by atoms with Crippen LogP contribution in [0.5, 0.6) is 0 Å². The Morgan fingerprint density at radius 1 is 0.900 bits per heavy atom. The molecule has 1 amide bonds. The number of carbonyl (C=O) groups excluding carboxylic acids is 1. The maximum atomic E-state index is 13.1. The Labute approximate surface area is 175 Å². The molecule has 0 saturated heterocycles. The molecule has 0 aliphatic rings. The van der Waals surface area contributed by atoms with Gasteiger partial charge in [0.15, 0.2) is 0 Å². The molecule has 1 aromatic heterocycles. The number of hydrogen-bond donors (Lipinski definition) is 1. The fourth-order valence-corrected chi connectivity index (χ4v) is 3.55. The van der Waals surface area contributed by atoms with E-state index in [4.69, 9.17) is 4.42 Å². The molecule has 3 aromatic carbocycles. The molecule has 1 N–H and O–H groups in total. The van der Waals surface area contributed by atoms with Gasteiger partial charge in [0.25, 0.3) is 0 Å². The third-order valence-electron chi connectivity index (χ3n) is 5.06. The number of aryl methyl sites for hydroxylation is 2. The van der Waals surface area contributed by atoms with Gasteiger partial charge in [-0.3, -0.25) is 10.1 Å². The maximum Gasteiger partial charge on any atom is 0.322 e. The van der Waals surface area contributed by atoms with Crippen LogP contribution in [-0.2, 0) is 11.2 Å². The van der Waals surface area contributed by atoms with E-state index in [1.54, 1.807) is 0 Å². The molecule has 0 spiro atoms. The number of nitrogens with one attached hydrogen (secondary N) is 1. The van der Waals surface area contributed by atoms with Gasteiger partial charge in [-0.05, 0) is 36.1 Å². The molecular formula is C25H23N3O2. The first-order valence-corrected chi connectivity index (χ1v) is 9.89. The molecule has 0 aliphatic heterocycles. The smallest absolute Gasteiger partial charge is 0.322 e. The number of aromatic nitrogens is 2. The number of anilines is 1. The fourth-order valence-electron chi connectivity index (χ4n) is 3.55. The average molecular weight is 397 g/mol. The van der Waals surface area contributed by atoms with Crippen LogP contribution in [0.2, 0.25) is 0 Å². The summed E-state index contributed by atoms with van der Waals surface area (Å²) in [6.45, 7) is 4.12. The van der Waals surface area contributed by atoms with Gasteiger partial charge in [0.05, 0.1) is 12.3 Å². The van der Waals surface area contributed by atoms with E-state index in [0.29, 0.717) is 12.3 Å². The zero-order valence-electron chi connectivity index (χ0n) is 17.0. The van der Waals surface area contributed by atoms with Crippen molar-refractivity contribution >= 4 is 11.9 Å². The molecule has 0 bridgehead atoms. The number of nitrogens with zero attached hydrogens (tertiary/aromatic N) is 2. The molecule has 0 aliphatic carbocycles. The van der Waals surface area contributed by atoms with E-state index in [9.17, 15) is 4.79 Å². The molecule has 0 atom stereocenters. The normalized spacial score (nSPS) is 10.9. The summed E-state index contributed by atoms with van der Waals surface area (Å²) in [4.78, 5) is 13.1. The quantitative estimate of drug-likeness (QED) is 0.494.